The number of fused-ring (bicyclic) bond motifs is 1. The van der Waals surface area contributed by atoms with Gasteiger partial charge in [-0.25, -0.2) is 9.78 Å². The average Bonchev–Trinajstić information content (AvgIpc) is 4.07. The van der Waals surface area contributed by atoms with Gasteiger partial charge in [0.05, 0.1) is 18.4 Å². The number of nitrogens with two attached hydrogens (primary N) is 2. The van der Waals surface area contributed by atoms with Crippen LogP contribution in [-0.2, 0) is 62.4 Å². The van der Waals surface area contributed by atoms with Crippen molar-refractivity contribution in [3.05, 3.63) is 90.1 Å². The molecule has 77 heavy (non-hydrogen) atoms. The van der Waals surface area contributed by atoms with Gasteiger partial charge in [0.2, 0.25) is 47.3 Å². The summed E-state index contributed by atoms with van der Waals surface area (Å²) < 4.78 is 0. The van der Waals surface area contributed by atoms with Crippen LogP contribution in [0, 0.1) is 10.8 Å². The topological polar surface area (TPSA) is 438 Å². The fraction of sp³-hybridized carbons (Fsp3) is 0.440. The number of nitrogens with one attached hydrogen (secondary N) is 14. The van der Waals surface area contributed by atoms with Gasteiger partial charge in [-0.2, -0.15) is 0 Å². The van der Waals surface area contributed by atoms with Crippen molar-refractivity contribution in [3.63, 3.8) is 0 Å². The highest BCUT2D eigenvalue weighted by molar-refractivity contribution is 5.98. The van der Waals surface area contributed by atoms with Gasteiger partial charge < -0.3 is 79.7 Å². The summed E-state index contributed by atoms with van der Waals surface area (Å²) in [5, 5.41) is 52.5. The van der Waals surface area contributed by atoms with Gasteiger partial charge >= 0.3 is 5.97 Å². The number of carboxylic acid groups (broad SMARTS) is 1. The molecule has 3 heterocycles. The fourth-order valence-corrected chi connectivity index (χ4v) is 8.51. The molecule has 0 bridgehead atoms. The molecule has 414 valence electrons. The number of carbonyl (C=O) groups excluding carboxylic acids is 8. The number of para-hydroxylation sites is 1. The Morgan fingerprint density at radius 3 is 2.01 bits per heavy atom. The molecule has 4 aromatic rings. The number of carboxylic acids is 1. The van der Waals surface area contributed by atoms with Crippen LogP contribution in [-0.4, -0.2) is 147 Å². The van der Waals surface area contributed by atoms with Gasteiger partial charge in [0.1, 0.15) is 42.3 Å². The number of guanidine groups is 2. The fourth-order valence-electron chi connectivity index (χ4n) is 8.51. The van der Waals surface area contributed by atoms with Gasteiger partial charge in [0.15, 0.2) is 11.9 Å². The number of nitrogens with zero attached hydrogens (tertiary/aromatic N) is 1. The summed E-state index contributed by atoms with van der Waals surface area (Å²) in [5.41, 5.74) is 13.1. The molecule has 2 aromatic heterocycles. The van der Waals surface area contributed by atoms with Crippen molar-refractivity contribution >= 4 is 76.0 Å². The van der Waals surface area contributed by atoms with E-state index in [2.05, 4.69) is 68.1 Å². The highest BCUT2D eigenvalue weighted by atomic mass is 16.4. The van der Waals surface area contributed by atoms with E-state index in [1.807, 2.05) is 0 Å². The molecule has 1 aliphatic heterocycles. The standard InChI is InChI=1S/C50H69N17O10/c1-28(68)61-34(16-9-19-57-49(51)52)42(70)62-35-15-7-8-18-56-41(69)24-40(48(76)77)67-46(74)38(22-30-25-59-33-14-6-5-13-32(30)33)65-44(72)36(17-10-20-58-50(53)54)63-45(73)37(21-29-11-3-2-4-12-29)64-47(75)39(66-43(35)71)23-31-26-55-27-60-31/h2-6,11-14,25-27,34-40,59H,7-10,15-24H2,1H3,(H,55,60)(H,56,69)(H,61,68)(H,62,70)(H,63,73)(H,64,75)(H,65,72)(H,66,71)(H,67,74)(H,76,77)(H4,51,52,57)(H4,53,54,58)/t34-,35-,36-,37+,38-,39-,40-/m0/s1. The average molecular weight is 1070 g/mol. The second kappa shape index (κ2) is 29.7. The lowest BCUT2D eigenvalue weighted by molar-refractivity contribution is -0.144. The van der Waals surface area contributed by atoms with E-state index in [0.29, 0.717) is 27.7 Å². The molecule has 1 saturated heterocycles. The monoisotopic (exact) mass is 1070 g/mol. The van der Waals surface area contributed by atoms with E-state index in [1.54, 1.807) is 60.8 Å². The van der Waals surface area contributed by atoms with Crippen molar-refractivity contribution in [2.24, 2.45) is 11.5 Å². The number of hydrogen-bond donors (Lipinski definition) is 17. The minimum absolute atomic E-state index is 0.0321. The number of amides is 8. The smallest absolute Gasteiger partial charge is 0.326 e. The Bertz CT molecular complexity index is 2700. The van der Waals surface area contributed by atoms with Crippen LogP contribution < -0.4 is 64.6 Å². The van der Waals surface area contributed by atoms with Crippen molar-refractivity contribution in [2.45, 2.75) is 120 Å². The van der Waals surface area contributed by atoms with Crippen molar-refractivity contribution in [1.82, 2.24) is 68.1 Å². The van der Waals surface area contributed by atoms with Crippen LogP contribution in [0.3, 0.4) is 0 Å². The summed E-state index contributed by atoms with van der Waals surface area (Å²) >= 11 is 0. The van der Waals surface area contributed by atoms with Crippen LogP contribution in [0.5, 0.6) is 0 Å². The number of imidazole rings is 1. The lowest BCUT2D eigenvalue weighted by atomic mass is 10.0. The van der Waals surface area contributed by atoms with Gasteiger partial charge in [0, 0.05) is 69.1 Å². The molecular formula is C50H69N17O10. The Morgan fingerprint density at radius 2 is 1.35 bits per heavy atom. The van der Waals surface area contributed by atoms with E-state index >= 15 is 0 Å². The molecule has 0 saturated carbocycles. The molecule has 1 aliphatic rings. The predicted molar refractivity (Wildman–Crippen MR) is 281 cm³/mol. The first-order valence-corrected chi connectivity index (χ1v) is 25.2. The Morgan fingerprint density at radius 1 is 0.740 bits per heavy atom. The predicted octanol–water partition coefficient (Wildman–Crippen LogP) is -2.37. The third kappa shape index (κ3) is 19.6. The molecule has 2 aromatic carbocycles. The van der Waals surface area contributed by atoms with E-state index in [0.717, 1.165) is 0 Å². The lowest BCUT2D eigenvalue weighted by Gasteiger charge is -2.28. The van der Waals surface area contributed by atoms with Gasteiger partial charge in [-0.1, -0.05) is 48.5 Å². The number of H-pyrrole nitrogens is 2. The molecule has 27 heteroatoms. The van der Waals surface area contributed by atoms with Crippen LogP contribution in [0.15, 0.2) is 73.3 Å². The minimum Gasteiger partial charge on any atom is -0.480 e. The Kier molecular flexibility index (Phi) is 22.7. The molecule has 7 atom stereocenters. The van der Waals surface area contributed by atoms with Crippen LogP contribution in [0.4, 0.5) is 0 Å². The summed E-state index contributed by atoms with van der Waals surface area (Å²) in [6.07, 6.45) is 3.95. The minimum atomic E-state index is -1.77. The zero-order valence-electron chi connectivity index (χ0n) is 42.6. The molecule has 8 amide bonds. The number of benzene rings is 2. The molecule has 0 unspecified atom stereocenters. The molecular weight excluding hydrogens is 999 g/mol. The first kappa shape index (κ1) is 58.8. The lowest BCUT2D eigenvalue weighted by Crippen LogP contribution is -2.60. The van der Waals surface area contributed by atoms with Crippen molar-refractivity contribution < 1.29 is 48.3 Å². The Balaban J connectivity index is 1.54. The normalized spacial score (nSPS) is 20.8. The van der Waals surface area contributed by atoms with Crippen LogP contribution in [0.1, 0.15) is 75.1 Å². The third-order valence-corrected chi connectivity index (χ3v) is 12.4. The maximum Gasteiger partial charge on any atom is 0.326 e. The van der Waals surface area contributed by atoms with E-state index in [4.69, 9.17) is 22.3 Å². The molecule has 19 N–H and O–H groups in total. The van der Waals surface area contributed by atoms with Gasteiger partial charge in [0.25, 0.3) is 0 Å². The SMILES string of the molecule is CC(=O)N[C@@H](CCCNC(=N)N)C(=O)N[C@H]1CCCCNC(=O)C[C@@H](C(=O)O)NC(=O)[C@H](Cc2c[nH]c3ccccc23)NC(=O)[C@H](CCCNC(=N)N)NC(=O)[C@@H](Cc2ccccc2)NC(=O)[C@H](Cc2c[nH]cn2)NC1=O. The zero-order chi connectivity index (χ0) is 55.9. The number of rotatable bonds is 18. The zero-order valence-corrected chi connectivity index (χ0v) is 42.6. The molecule has 0 radical (unpaired) electrons. The van der Waals surface area contributed by atoms with Crippen LogP contribution in [0.2, 0.25) is 0 Å². The molecule has 5 rings (SSSR count). The van der Waals surface area contributed by atoms with Crippen molar-refractivity contribution in [2.75, 3.05) is 19.6 Å². The summed E-state index contributed by atoms with van der Waals surface area (Å²) in [5.74, 6) is -8.62. The summed E-state index contributed by atoms with van der Waals surface area (Å²) in [6, 6.07) is 5.76. The van der Waals surface area contributed by atoms with E-state index in [1.165, 1.54) is 19.4 Å². The second-order valence-corrected chi connectivity index (χ2v) is 18.5. The van der Waals surface area contributed by atoms with E-state index < -0.39 is 102 Å². The van der Waals surface area contributed by atoms with Crippen molar-refractivity contribution in [3.8, 4) is 0 Å². The number of carbonyl (C=O) groups is 9. The summed E-state index contributed by atoms with van der Waals surface area (Å²) in [7, 11) is 0. The van der Waals surface area contributed by atoms with Crippen molar-refractivity contribution in [1.29, 1.82) is 10.8 Å². The molecule has 0 spiro atoms. The maximum atomic E-state index is 14.7. The van der Waals surface area contributed by atoms with Crippen LogP contribution >= 0.6 is 0 Å². The van der Waals surface area contributed by atoms with E-state index in [9.17, 15) is 48.3 Å². The van der Waals surface area contributed by atoms with Gasteiger partial charge in [-0.05, 0) is 62.1 Å². The summed E-state index contributed by atoms with van der Waals surface area (Å²) in [4.78, 5) is 135. The number of aromatic amines is 2. The largest absolute Gasteiger partial charge is 0.480 e. The molecule has 0 aliphatic carbocycles. The second-order valence-electron chi connectivity index (χ2n) is 18.5. The Labute approximate surface area is 443 Å². The maximum absolute atomic E-state index is 14.7. The van der Waals surface area contributed by atoms with Crippen LogP contribution in [0.25, 0.3) is 10.9 Å². The first-order chi connectivity index (χ1) is 36.9. The summed E-state index contributed by atoms with van der Waals surface area (Å²) in [6.45, 7) is 1.46. The number of aliphatic carboxylic acids is 1. The third-order valence-electron chi connectivity index (χ3n) is 12.4. The number of hydrogen-bond acceptors (Lipinski definition) is 12. The molecule has 27 nitrogen and oxygen atoms in total. The van der Waals surface area contributed by atoms with E-state index in [-0.39, 0.29) is 95.8 Å². The quantitative estimate of drug-likeness (QED) is 0.0282. The Hall–Kier alpha value is -9.04. The highest BCUT2D eigenvalue weighted by Gasteiger charge is 2.35. The highest BCUT2D eigenvalue weighted by Crippen LogP contribution is 2.20. The number of aromatic nitrogens is 3. The molecule has 1 fully saturated rings. The van der Waals surface area contributed by atoms with Gasteiger partial charge in [-0.15, -0.1) is 0 Å². The van der Waals surface area contributed by atoms with Gasteiger partial charge in [-0.3, -0.25) is 49.2 Å². The first-order valence-electron chi connectivity index (χ1n) is 25.2.